The molecule has 1 aromatic heterocycles. The van der Waals surface area contributed by atoms with Gasteiger partial charge in [0.25, 0.3) is 5.91 Å². The quantitative estimate of drug-likeness (QED) is 0.710. The summed E-state index contributed by atoms with van der Waals surface area (Å²) < 4.78 is 0. The summed E-state index contributed by atoms with van der Waals surface area (Å²) in [4.78, 5) is 22.1. The minimum Gasteiger partial charge on any atom is -0.367 e. The van der Waals surface area contributed by atoms with Gasteiger partial charge in [-0.05, 0) is 39.9 Å². The predicted molar refractivity (Wildman–Crippen MR) is 74.2 cm³/mol. The van der Waals surface area contributed by atoms with Crippen molar-refractivity contribution in [3.8, 4) is 0 Å². The first-order chi connectivity index (χ1) is 9.15. The van der Waals surface area contributed by atoms with Crippen molar-refractivity contribution in [1.29, 1.82) is 0 Å². The van der Waals surface area contributed by atoms with E-state index in [1.807, 2.05) is 14.1 Å². The van der Waals surface area contributed by atoms with Crippen LogP contribution in [0, 0.1) is 0 Å². The highest BCUT2D eigenvalue weighted by Gasteiger charge is 2.21. The molecule has 1 aromatic rings. The van der Waals surface area contributed by atoms with Gasteiger partial charge in [0, 0.05) is 18.7 Å². The highest BCUT2D eigenvalue weighted by atomic mass is 16.1. The molecule has 0 bridgehead atoms. The van der Waals surface area contributed by atoms with Crippen LogP contribution in [-0.4, -0.2) is 54.0 Å². The first-order valence-corrected chi connectivity index (χ1v) is 6.66. The fourth-order valence-electron chi connectivity index (χ4n) is 1.68. The lowest BCUT2D eigenvalue weighted by molar-refractivity contribution is 0.0947. The summed E-state index contributed by atoms with van der Waals surface area (Å²) in [7, 11) is 4.03. The fraction of sp³-hybridized carbons (Fsp3) is 0.615. The second kappa shape index (κ2) is 6.47. The summed E-state index contributed by atoms with van der Waals surface area (Å²) in [6.07, 6.45) is 4.71. The zero-order chi connectivity index (χ0) is 13.7. The Bertz CT molecular complexity index is 431. The van der Waals surface area contributed by atoms with Gasteiger partial charge >= 0.3 is 0 Å². The highest BCUT2D eigenvalue weighted by Crippen LogP contribution is 2.23. The maximum atomic E-state index is 11.9. The van der Waals surface area contributed by atoms with Gasteiger partial charge in [-0.15, -0.1) is 0 Å². The second-order valence-electron chi connectivity index (χ2n) is 5.12. The van der Waals surface area contributed by atoms with Crippen molar-refractivity contribution < 1.29 is 4.79 Å². The van der Waals surface area contributed by atoms with Crippen LogP contribution in [0.25, 0.3) is 0 Å². The molecule has 1 aliphatic rings. The van der Waals surface area contributed by atoms with Gasteiger partial charge in [0.05, 0.1) is 0 Å². The molecule has 19 heavy (non-hydrogen) atoms. The molecule has 2 rings (SSSR count). The fourth-order valence-corrected chi connectivity index (χ4v) is 1.68. The smallest absolute Gasteiger partial charge is 0.270 e. The zero-order valence-corrected chi connectivity index (χ0v) is 11.5. The molecule has 0 spiro atoms. The normalized spacial score (nSPS) is 14.5. The van der Waals surface area contributed by atoms with Crippen LogP contribution in [0.5, 0.6) is 0 Å². The molecule has 1 fully saturated rings. The van der Waals surface area contributed by atoms with E-state index >= 15 is 0 Å². The number of rotatable bonds is 7. The number of carbonyl (C=O) groups is 1. The maximum absolute atomic E-state index is 11.9. The molecule has 0 unspecified atom stereocenters. The molecule has 104 valence electrons. The van der Waals surface area contributed by atoms with Crippen LogP contribution in [0.2, 0.25) is 0 Å². The average Bonchev–Trinajstić information content (AvgIpc) is 3.18. The van der Waals surface area contributed by atoms with Gasteiger partial charge in [0.1, 0.15) is 17.8 Å². The highest BCUT2D eigenvalue weighted by molar-refractivity contribution is 5.92. The van der Waals surface area contributed by atoms with Gasteiger partial charge in [-0.1, -0.05) is 0 Å². The summed E-state index contributed by atoms with van der Waals surface area (Å²) in [5, 5.41) is 6.12. The third kappa shape index (κ3) is 4.82. The van der Waals surface area contributed by atoms with Crippen molar-refractivity contribution in [1.82, 2.24) is 20.2 Å². The van der Waals surface area contributed by atoms with E-state index in [1.165, 1.54) is 19.2 Å². The topological polar surface area (TPSA) is 70.2 Å². The largest absolute Gasteiger partial charge is 0.367 e. The third-order valence-corrected chi connectivity index (χ3v) is 2.90. The monoisotopic (exact) mass is 263 g/mol. The molecule has 1 aliphatic carbocycles. The molecule has 1 saturated carbocycles. The van der Waals surface area contributed by atoms with Crippen molar-refractivity contribution in [3.63, 3.8) is 0 Å². The molecule has 0 atom stereocenters. The van der Waals surface area contributed by atoms with Crippen LogP contribution in [0.1, 0.15) is 29.8 Å². The van der Waals surface area contributed by atoms with Gasteiger partial charge < -0.3 is 15.5 Å². The van der Waals surface area contributed by atoms with Crippen molar-refractivity contribution in [3.05, 3.63) is 18.1 Å². The summed E-state index contributed by atoms with van der Waals surface area (Å²) in [5.41, 5.74) is 0.419. The summed E-state index contributed by atoms with van der Waals surface area (Å²) in [6, 6.07) is 2.23. The third-order valence-electron chi connectivity index (χ3n) is 2.90. The van der Waals surface area contributed by atoms with Crippen LogP contribution < -0.4 is 10.6 Å². The van der Waals surface area contributed by atoms with E-state index in [-0.39, 0.29) is 5.91 Å². The van der Waals surface area contributed by atoms with Crippen LogP contribution in [0.3, 0.4) is 0 Å². The van der Waals surface area contributed by atoms with Gasteiger partial charge in [-0.3, -0.25) is 4.79 Å². The number of amides is 1. The number of carbonyl (C=O) groups excluding carboxylic acids is 1. The van der Waals surface area contributed by atoms with E-state index in [9.17, 15) is 4.79 Å². The Kier molecular flexibility index (Phi) is 4.68. The van der Waals surface area contributed by atoms with Gasteiger partial charge in [-0.2, -0.15) is 0 Å². The standard InChI is InChI=1S/C13H21N5O/c1-18(2)7-3-6-14-13(19)11-8-12(16-9-15-11)17-10-4-5-10/h8-10H,3-7H2,1-2H3,(H,14,19)(H,15,16,17). The van der Waals surface area contributed by atoms with Crippen molar-refractivity contribution in [2.75, 3.05) is 32.5 Å². The first-order valence-electron chi connectivity index (χ1n) is 6.66. The molecule has 2 N–H and O–H groups in total. The number of aromatic nitrogens is 2. The molecule has 1 heterocycles. The molecule has 0 saturated heterocycles. The Morgan fingerprint density at radius 1 is 1.42 bits per heavy atom. The molecule has 0 aliphatic heterocycles. The summed E-state index contributed by atoms with van der Waals surface area (Å²) in [6.45, 7) is 1.62. The lowest BCUT2D eigenvalue weighted by Crippen LogP contribution is -2.28. The summed E-state index contributed by atoms with van der Waals surface area (Å²) in [5.74, 6) is 0.593. The Hall–Kier alpha value is -1.69. The Balaban J connectivity index is 1.80. The molecule has 6 nitrogen and oxygen atoms in total. The molecule has 1 amide bonds. The van der Waals surface area contributed by atoms with E-state index in [0.717, 1.165) is 18.8 Å². The predicted octanol–water partition coefficient (Wildman–Crippen LogP) is 0.732. The molecular weight excluding hydrogens is 242 g/mol. The Morgan fingerprint density at radius 3 is 2.89 bits per heavy atom. The van der Waals surface area contributed by atoms with E-state index in [1.54, 1.807) is 6.07 Å². The molecule has 0 radical (unpaired) electrons. The second-order valence-corrected chi connectivity index (χ2v) is 5.12. The van der Waals surface area contributed by atoms with Crippen LogP contribution in [0.15, 0.2) is 12.4 Å². The number of hydrogen-bond donors (Lipinski definition) is 2. The lowest BCUT2D eigenvalue weighted by atomic mass is 10.3. The van der Waals surface area contributed by atoms with Gasteiger partial charge in [0.2, 0.25) is 0 Å². The molecular formula is C13H21N5O. The Morgan fingerprint density at radius 2 is 2.21 bits per heavy atom. The minimum atomic E-state index is -0.139. The molecule has 6 heteroatoms. The van der Waals surface area contributed by atoms with Crippen molar-refractivity contribution >= 4 is 11.7 Å². The number of nitrogens with zero attached hydrogens (tertiary/aromatic N) is 3. The van der Waals surface area contributed by atoms with Crippen LogP contribution in [-0.2, 0) is 0 Å². The van der Waals surface area contributed by atoms with Crippen LogP contribution in [0.4, 0.5) is 5.82 Å². The SMILES string of the molecule is CN(C)CCCNC(=O)c1cc(NC2CC2)ncn1. The van der Waals surface area contributed by atoms with Gasteiger partial charge in [0.15, 0.2) is 0 Å². The van der Waals surface area contributed by atoms with E-state index in [0.29, 0.717) is 18.3 Å². The van der Waals surface area contributed by atoms with E-state index < -0.39 is 0 Å². The maximum Gasteiger partial charge on any atom is 0.270 e. The molecule has 0 aromatic carbocycles. The summed E-state index contributed by atoms with van der Waals surface area (Å²) >= 11 is 0. The zero-order valence-electron chi connectivity index (χ0n) is 11.5. The number of nitrogens with one attached hydrogen (secondary N) is 2. The van der Waals surface area contributed by atoms with E-state index in [2.05, 4.69) is 25.5 Å². The minimum absolute atomic E-state index is 0.139. The number of hydrogen-bond acceptors (Lipinski definition) is 5. The average molecular weight is 263 g/mol. The first kappa shape index (κ1) is 13.7. The van der Waals surface area contributed by atoms with Crippen molar-refractivity contribution in [2.24, 2.45) is 0 Å². The Labute approximate surface area is 113 Å². The lowest BCUT2D eigenvalue weighted by Gasteiger charge is -2.10. The number of anilines is 1. The van der Waals surface area contributed by atoms with Crippen molar-refractivity contribution in [2.45, 2.75) is 25.3 Å². The van der Waals surface area contributed by atoms with E-state index in [4.69, 9.17) is 0 Å². The van der Waals surface area contributed by atoms with Crippen LogP contribution >= 0.6 is 0 Å². The van der Waals surface area contributed by atoms with Gasteiger partial charge in [-0.25, -0.2) is 9.97 Å².